The summed E-state index contributed by atoms with van der Waals surface area (Å²) in [5.41, 5.74) is 1.07. The fourth-order valence-corrected chi connectivity index (χ4v) is 3.09. The Morgan fingerprint density at radius 3 is 3.11 bits per heavy atom. The molecule has 4 nitrogen and oxygen atoms in total. The van der Waals surface area contributed by atoms with Crippen LogP contribution in [0.1, 0.15) is 5.56 Å². The lowest BCUT2D eigenvalue weighted by molar-refractivity contribution is 0.652. The van der Waals surface area contributed by atoms with E-state index in [2.05, 4.69) is 9.97 Å². The van der Waals surface area contributed by atoms with Gasteiger partial charge in [-0.1, -0.05) is 6.07 Å². The Morgan fingerprint density at radius 1 is 1.42 bits per heavy atom. The monoisotopic (exact) mass is 289 g/mol. The Labute approximate surface area is 118 Å². The molecule has 0 bridgehead atoms. The number of thiophene rings is 1. The highest BCUT2D eigenvalue weighted by molar-refractivity contribution is 7.71. The standard InChI is InChI=1S/C13H11N3OS2/c17-12-10-4-7-19-11(10)15-13(18)16(12)6-3-9-2-1-5-14-8-9/h1-2,4-5,7-8H,3,6H2,(H,15,18). The highest BCUT2D eigenvalue weighted by Crippen LogP contribution is 2.14. The number of hydrogen-bond donors (Lipinski definition) is 1. The number of aromatic amines is 1. The third kappa shape index (κ3) is 2.36. The minimum Gasteiger partial charge on any atom is -0.323 e. The van der Waals surface area contributed by atoms with Crippen molar-refractivity contribution in [1.29, 1.82) is 0 Å². The van der Waals surface area contributed by atoms with Crippen molar-refractivity contribution < 1.29 is 0 Å². The summed E-state index contributed by atoms with van der Waals surface area (Å²) in [6, 6.07) is 5.71. The summed E-state index contributed by atoms with van der Waals surface area (Å²) in [7, 11) is 0. The second kappa shape index (κ2) is 5.07. The van der Waals surface area contributed by atoms with Crippen molar-refractivity contribution in [1.82, 2.24) is 14.5 Å². The van der Waals surface area contributed by atoms with Crippen LogP contribution in [0.2, 0.25) is 0 Å². The number of nitrogens with one attached hydrogen (secondary N) is 1. The molecule has 1 N–H and O–H groups in total. The highest BCUT2D eigenvalue weighted by atomic mass is 32.1. The number of hydrogen-bond acceptors (Lipinski definition) is 4. The molecule has 0 aliphatic heterocycles. The third-order valence-electron chi connectivity index (χ3n) is 2.95. The molecule has 0 spiro atoms. The van der Waals surface area contributed by atoms with Gasteiger partial charge in [0.25, 0.3) is 5.56 Å². The van der Waals surface area contributed by atoms with Crippen LogP contribution in [-0.2, 0) is 13.0 Å². The van der Waals surface area contributed by atoms with Crippen molar-refractivity contribution in [3.8, 4) is 0 Å². The SMILES string of the molecule is O=c1c2ccsc2[nH]c(=S)n1CCc1cccnc1. The number of rotatable bonds is 3. The van der Waals surface area contributed by atoms with E-state index < -0.39 is 0 Å². The first-order chi connectivity index (χ1) is 9.25. The van der Waals surface area contributed by atoms with Gasteiger partial charge in [0.15, 0.2) is 4.77 Å². The average Bonchev–Trinajstić information content (AvgIpc) is 2.88. The first kappa shape index (κ1) is 12.3. The van der Waals surface area contributed by atoms with E-state index >= 15 is 0 Å². The summed E-state index contributed by atoms with van der Waals surface area (Å²) in [4.78, 5) is 20.3. The molecule has 3 rings (SSSR count). The van der Waals surface area contributed by atoms with Gasteiger partial charge in [0.05, 0.1) is 5.39 Å². The molecule has 3 aromatic heterocycles. The van der Waals surface area contributed by atoms with Gasteiger partial charge in [-0.2, -0.15) is 0 Å². The molecule has 19 heavy (non-hydrogen) atoms. The molecule has 0 unspecified atom stereocenters. The predicted octanol–water partition coefficient (Wildman–Crippen LogP) is 2.76. The fourth-order valence-electron chi connectivity index (χ4n) is 1.97. The van der Waals surface area contributed by atoms with Crippen LogP contribution in [-0.4, -0.2) is 14.5 Å². The van der Waals surface area contributed by atoms with Crippen molar-refractivity contribution in [2.75, 3.05) is 0 Å². The van der Waals surface area contributed by atoms with Crippen LogP contribution in [0.4, 0.5) is 0 Å². The minimum absolute atomic E-state index is 0.0242. The van der Waals surface area contributed by atoms with Gasteiger partial charge in [-0.3, -0.25) is 14.3 Å². The summed E-state index contributed by atoms with van der Waals surface area (Å²) < 4.78 is 2.08. The maximum Gasteiger partial charge on any atom is 0.263 e. The van der Waals surface area contributed by atoms with Crippen LogP contribution in [0, 0.1) is 4.77 Å². The van der Waals surface area contributed by atoms with Gasteiger partial charge in [-0.15, -0.1) is 11.3 Å². The zero-order valence-corrected chi connectivity index (χ0v) is 11.6. The van der Waals surface area contributed by atoms with E-state index in [9.17, 15) is 4.79 Å². The molecule has 0 saturated heterocycles. The van der Waals surface area contributed by atoms with Crippen molar-refractivity contribution in [2.24, 2.45) is 0 Å². The Morgan fingerprint density at radius 2 is 2.32 bits per heavy atom. The highest BCUT2D eigenvalue weighted by Gasteiger charge is 2.06. The van der Waals surface area contributed by atoms with Gasteiger partial charge in [0, 0.05) is 18.9 Å². The largest absolute Gasteiger partial charge is 0.323 e. The molecule has 0 aliphatic rings. The van der Waals surface area contributed by atoms with Crippen molar-refractivity contribution in [3.63, 3.8) is 0 Å². The topological polar surface area (TPSA) is 50.7 Å². The molecule has 0 atom stereocenters. The maximum absolute atomic E-state index is 12.3. The van der Waals surface area contributed by atoms with Crippen LogP contribution < -0.4 is 5.56 Å². The second-order valence-corrected chi connectivity index (χ2v) is 5.46. The Bertz CT molecular complexity index is 817. The van der Waals surface area contributed by atoms with Gasteiger partial charge in [-0.05, 0) is 41.7 Å². The average molecular weight is 289 g/mol. The van der Waals surface area contributed by atoms with E-state index in [1.807, 2.05) is 23.6 Å². The van der Waals surface area contributed by atoms with Crippen LogP contribution >= 0.6 is 23.6 Å². The first-order valence-electron chi connectivity index (χ1n) is 5.85. The molecule has 3 aromatic rings. The molecule has 0 fully saturated rings. The summed E-state index contributed by atoms with van der Waals surface area (Å²) in [5, 5.41) is 2.59. The number of nitrogens with zero attached hydrogens (tertiary/aromatic N) is 2. The zero-order valence-electron chi connectivity index (χ0n) is 10.00. The zero-order chi connectivity index (χ0) is 13.2. The first-order valence-corrected chi connectivity index (χ1v) is 7.14. The second-order valence-electron chi connectivity index (χ2n) is 4.16. The molecule has 0 aromatic carbocycles. The Hall–Kier alpha value is -1.79. The van der Waals surface area contributed by atoms with E-state index in [0.29, 0.717) is 16.7 Å². The van der Waals surface area contributed by atoms with E-state index in [1.54, 1.807) is 17.0 Å². The molecule has 0 saturated carbocycles. The maximum atomic E-state index is 12.3. The predicted molar refractivity (Wildman–Crippen MR) is 79.2 cm³/mol. The van der Waals surface area contributed by atoms with Crippen molar-refractivity contribution in [3.05, 3.63) is 56.7 Å². The Balaban J connectivity index is 1.97. The van der Waals surface area contributed by atoms with Crippen molar-refractivity contribution >= 4 is 33.8 Å². The molecule has 0 aliphatic carbocycles. The lowest BCUT2D eigenvalue weighted by Gasteiger charge is -2.06. The van der Waals surface area contributed by atoms with Crippen LogP contribution in [0.5, 0.6) is 0 Å². The number of aromatic nitrogens is 3. The van der Waals surface area contributed by atoms with E-state index in [0.717, 1.165) is 16.8 Å². The lowest BCUT2D eigenvalue weighted by Crippen LogP contribution is -2.22. The van der Waals surface area contributed by atoms with E-state index in [-0.39, 0.29) is 5.56 Å². The van der Waals surface area contributed by atoms with Crippen molar-refractivity contribution in [2.45, 2.75) is 13.0 Å². The molecule has 6 heteroatoms. The summed E-state index contributed by atoms with van der Waals surface area (Å²) in [6.45, 7) is 0.561. The molecule has 0 radical (unpaired) electrons. The van der Waals surface area contributed by atoms with Crippen LogP contribution in [0.15, 0.2) is 40.8 Å². The van der Waals surface area contributed by atoms with Gasteiger partial charge < -0.3 is 4.98 Å². The smallest absolute Gasteiger partial charge is 0.263 e. The molecular formula is C13H11N3OS2. The van der Waals surface area contributed by atoms with Crippen LogP contribution in [0.25, 0.3) is 10.2 Å². The van der Waals surface area contributed by atoms with Gasteiger partial charge in [-0.25, -0.2) is 0 Å². The number of aryl methyl sites for hydroxylation is 1. The minimum atomic E-state index is -0.0242. The van der Waals surface area contributed by atoms with Crippen LogP contribution in [0.3, 0.4) is 0 Å². The van der Waals surface area contributed by atoms with E-state index in [4.69, 9.17) is 12.2 Å². The Kier molecular flexibility index (Phi) is 3.27. The summed E-state index contributed by atoms with van der Waals surface area (Å²) in [6.07, 6.45) is 4.28. The summed E-state index contributed by atoms with van der Waals surface area (Å²) in [5.74, 6) is 0. The molecular weight excluding hydrogens is 278 g/mol. The lowest BCUT2D eigenvalue weighted by atomic mass is 10.2. The molecule has 0 amide bonds. The third-order valence-corrected chi connectivity index (χ3v) is 4.11. The van der Waals surface area contributed by atoms with Gasteiger partial charge in [0.1, 0.15) is 4.83 Å². The molecule has 3 heterocycles. The van der Waals surface area contributed by atoms with E-state index in [1.165, 1.54) is 11.3 Å². The summed E-state index contributed by atoms with van der Waals surface area (Å²) >= 11 is 6.74. The molecule has 96 valence electrons. The number of H-pyrrole nitrogens is 1. The van der Waals surface area contributed by atoms with Gasteiger partial charge >= 0.3 is 0 Å². The fraction of sp³-hybridized carbons (Fsp3) is 0.154. The quantitative estimate of drug-likeness (QED) is 0.754. The number of pyridine rings is 1. The van der Waals surface area contributed by atoms with Gasteiger partial charge in [0.2, 0.25) is 0 Å². The normalized spacial score (nSPS) is 10.9. The number of fused-ring (bicyclic) bond motifs is 1.